The molecule has 0 radical (unpaired) electrons. The summed E-state index contributed by atoms with van der Waals surface area (Å²) in [6.45, 7) is 1.88. The molecule has 2 rings (SSSR count). The van der Waals surface area contributed by atoms with Crippen LogP contribution in [0.2, 0.25) is 0 Å². The molecule has 0 saturated heterocycles. The van der Waals surface area contributed by atoms with Crippen molar-refractivity contribution in [2.24, 2.45) is 9.98 Å². The molecule has 0 unspecified atom stereocenters. The van der Waals surface area contributed by atoms with Crippen molar-refractivity contribution in [1.29, 1.82) is 0 Å². The third-order valence-electron chi connectivity index (χ3n) is 1.39. The number of rotatable bonds is 0. The van der Waals surface area contributed by atoms with Gasteiger partial charge in [0.25, 0.3) is 0 Å². The van der Waals surface area contributed by atoms with Gasteiger partial charge in [-0.3, -0.25) is 0 Å². The summed E-state index contributed by atoms with van der Waals surface area (Å²) in [4.78, 5) is 10.2. The van der Waals surface area contributed by atoms with Crippen molar-refractivity contribution in [2.45, 2.75) is 0 Å². The van der Waals surface area contributed by atoms with Gasteiger partial charge in [0.05, 0.1) is 6.54 Å². The van der Waals surface area contributed by atoms with Crippen molar-refractivity contribution in [2.75, 3.05) is 13.1 Å². The van der Waals surface area contributed by atoms with E-state index in [4.69, 9.17) is 0 Å². The van der Waals surface area contributed by atoms with E-state index in [0.717, 1.165) is 19.0 Å². The Morgan fingerprint density at radius 3 is 2.62 bits per heavy atom. The van der Waals surface area contributed by atoms with Gasteiger partial charge in [0.15, 0.2) is 0 Å². The van der Waals surface area contributed by atoms with Crippen molar-refractivity contribution in [1.82, 2.24) is 4.90 Å². The molecule has 0 aromatic rings. The molecule has 0 atom stereocenters. The first-order valence-corrected chi connectivity index (χ1v) is 9.29. The molecule has 0 aromatic heterocycles. The predicted octanol–water partition coefficient (Wildman–Crippen LogP) is 2.02. The number of hydrogen-bond donors (Lipinski definition) is 0. The quantitative estimate of drug-likeness (QED) is 0.369. The number of nitrogens with zero attached hydrogens (tertiary/aromatic N) is 3. The molecule has 0 amide bonds. The van der Waals surface area contributed by atoms with E-state index in [1.165, 1.54) is 0 Å². The maximum atomic E-state index is 4.16. The van der Waals surface area contributed by atoms with Crippen molar-refractivity contribution < 1.29 is 25.5 Å². The van der Waals surface area contributed by atoms with Gasteiger partial charge in [-0.1, -0.05) is 0 Å². The molecule has 0 aliphatic carbocycles. The van der Waals surface area contributed by atoms with Crippen LogP contribution in [0.25, 0.3) is 0 Å². The summed E-state index contributed by atoms with van der Waals surface area (Å²) in [5.41, 5.74) is 0. The van der Waals surface area contributed by atoms with E-state index in [1.54, 1.807) is 46.9 Å². The Hall–Kier alpha value is 1.38. The van der Waals surface area contributed by atoms with Crippen LogP contribution in [0.15, 0.2) is 22.3 Å². The van der Waals surface area contributed by atoms with Crippen LogP contribution in [0.4, 0.5) is 0 Å². The molecule has 3 nitrogen and oxygen atoms in total. The molecule has 0 saturated carbocycles. The summed E-state index contributed by atoms with van der Waals surface area (Å²) in [6, 6.07) is 0. The summed E-state index contributed by atoms with van der Waals surface area (Å²) in [5, 5.41) is 0. The Bertz CT molecular complexity index is 215. The molecule has 0 spiro atoms. The normalized spacial score (nSPS) is 16.5. The molecule has 7 heteroatoms. The van der Waals surface area contributed by atoms with Crippen LogP contribution in [-0.2, 0) is 25.5 Å². The molecule has 2 heterocycles. The van der Waals surface area contributed by atoms with Gasteiger partial charge in [-0.2, -0.15) is 0 Å². The van der Waals surface area contributed by atoms with E-state index >= 15 is 0 Å². The van der Waals surface area contributed by atoms with E-state index in [2.05, 4.69) is 35.5 Å². The first kappa shape index (κ1) is 14.4. The summed E-state index contributed by atoms with van der Waals surface area (Å²) < 4.78 is 0. The van der Waals surface area contributed by atoms with E-state index in [0.29, 0.717) is 0 Å². The van der Waals surface area contributed by atoms with Crippen LogP contribution in [0.1, 0.15) is 0 Å². The average molecular weight is 502 g/mol. The number of fused-ring (bicyclic) bond motifs is 1. The number of allylic oxidation sites excluding steroid dienone is 1. The zero-order valence-corrected chi connectivity index (χ0v) is 12.5. The van der Waals surface area contributed by atoms with Gasteiger partial charge in [0.1, 0.15) is 0 Å². The Balaban J connectivity index is 0.000000322. The van der Waals surface area contributed by atoms with Gasteiger partial charge >= 0.3 is 66.2 Å². The van der Waals surface area contributed by atoms with Crippen LogP contribution >= 0.6 is 40.7 Å². The molecule has 2 aliphatic rings. The van der Waals surface area contributed by atoms with Gasteiger partial charge in [-0.15, -0.1) is 0 Å². The van der Waals surface area contributed by atoms with Gasteiger partial charge in [0, 0.05) is 19.0 Å². The topological polar surface area (TPSA) is 28.0 Å². The zero-order chi connectivity index (χ0) is 10.1. The number of halogens is 2. The third kappa shape index (κ3) is 5.13. The Kier molecular flexibility index (Phi) is 11.0. The van der Waals surface area contributed by atoms with Crippen LogP contribution in [-0.4, -0.2) is 30.2 Å². The first-order valence-electron chi connectivity index (χ1n) is 3.21. The molecule has 0 bridgehead atoms. The SMILES string of the molecule is C1=CN2CCN=C2N=C1.[Cu][I].[Cu][I]. The van der Waals surface area contributed by atoms with Crippen molar-refractivity contribution >= 4 is 52.9 Å². The molecule has 2 aliphatic heterocycles. The van der Waals surface area contributed by atoms with Crippen LogP contribution in [0.3, 0.4) is 0 Å². The van der Waals surface area contributed by atoms with Crippen LogP contribution in [0.5, 0.6) is 0 Å². The Labute approximate surface area is 117 Å². The van der Waals surface area contributed by atoms with Gasteiger partial charge < -0.3 is 4.90 Å². The molecular formula is C6H7Cu2I2N3. The zero-order valence-electron chi connectivity index (χ0n) is 6.35. The Morgan fingerprint density at radius 2 is 2.00 bits per heavy atom. The monoisotopic (exact) mass is 501 g/mol. The fraction of sp³-hybridized carbons (Fsp3) is 0.333. The molecule has 82 valence electrons. The van der Waals surface area contributed by atoms with Crippen molar-refractivity contribution in [3.8, 4) is 0 Å². The number of hydrogen-bond acceptors (Lipinski definition) is 3. The molecule has 0 fully saturated rings. The second kappa shape index (κ2) is 9.92. The van der Waals surface area contributed by atoms with Crippen molar-refractivity contribution in [3.05, 3.63) is 12.3 Å². The second-order valence-corrected chi connectivity index (χ2v) is 1.99. The van der Waals surface area contributed by atoms with Crippen LogP contribution < -0.4 is 0 Å². The third-order valence-corrected chi connectivity index (χ3v) is 1.39. The minimum absolute atomic E-state index is 0.859. The molecule has 13 heavy (non-hydrogen) atoms. The summed E-state index contributed by atoms with van der Waals surface area (Å²) in [7, 11) is 0. The average Bonchev–Trinajstić information content (AvgIpc) is 2.71. The predicted molar refractivity (Wildman–Crippen MR) is 64.7 cm³/mol. The summed E-state index contributed by atoms with van der Waals surface area (Å²) >= 11 is 11.7. The van der Waals surface area contributed by atoms with E-state index in [9.17, 15) is 0 Å². The fourth-order valence-corrected chi connectivity index (χ4v) is 0.957. The molecule has 0 aromatic carbocycles. The van der Waals surface area contributed by atoms with E-state index < -0.39 is 0 Å². The maximum absolute atomic E-state index is 4.16. The van der Waals surface area contributed by atoms with Gasteiger partial charge in [-0.25, -0.2) is 9.98 Å². The number of aliphatic imine (C=N–C) groups is 2. The molecular weight excluding hydrogens is 495 g/mol. The number of guanidine groups is 1. The van der Waals surface area contributed by atoms with Gasteiger partial charge in [0.2, 0.25) is 5.96 Å². The Morgan fingerprint density at radius 1 is 1.31 bits per heavy atom. The van der Waals surface area contributed by atoms with Crippen LogP contribution in [0, 0.1) is 0 Å². The summed E-state index contributed by atoms with van der Waals surface area (Å²) in [5.74, 6) is 0.859. The second-order valence-electron chi connectivity index (χ2n) is 1.99. The minimum atomic E-state index is 0.859. The van der Waals surface area contributed by atoms with Crippen molar-refractivity contribution in [3.63, 3.8) is 0 Å². The standard InChI is InChI=1S/C6H7N3.2Cu.2HI/c1-2-7-6-8-3-5-9(6)4-1;;;;/h1-2,4H,3,5H2;;;2*1H/q;2*+1;;/p-2. The first-order chi connectivity index (χ1) is 6.47. The molecule has 0 N–H and O–H groups in total. The fourth-order valence-electron chi connectivity index (χ4n) is 0.957. The van der Waals surface area contributed by atoms with E-state index in [-0.39, 0.29) is 0 Å². The van der Waals surface area contributed by atoms with Gasteiger partial charge in [-0.05, 0) is 6.08 Å². The summed E-state index contributed by atoms with van der Waals surface area (Å²) in [6.07, 6.45) is 5.68. The van der Waals surface area contributed by atoms with E-state index in [1.807, 2.05) is 17.2 Å².